The van der Waals surface area contributed by atoms with Crippen LogP contribution in [-0.4, -0.2) is 36.8 Å². The van der Waals surface area contributed by atoms with Gasteiger partial charge in [0.15, 0.2) is 5.65 Å². The molecule has 3 aromatic heterocycles. The summed E-state index contributed by atoms with van der Waals surface area (Å²) in [5.41, 5.74) is 11.6. The van der Waals surface area contributed by atoms with Crippen molar-refractivity contribution < 1.29 is 5.11 Å². The third kappa shape index (κ3) is 3.17. The first kappa shape index (κ1) is 18.5. The molecule has 0 unspecified atom stereocenters. The average molecular weight is 453 g/mol. The second kappa shape index (κ2) is 6.76. The first-order chi connectivity index (χ1) is 14.0. The molecule has 29 heavy (non-hydrogen) atoms. The summed E-state index contributed by atoms with van der Waals surface area (Å²) in [5.74, 6) is 0.497. The van der Waals surface area contributed by atoms with E-state index >= 15 is 0 Å². The summed E-state index contributed by atoms with van der Waals surface area (Å²) >= 11 is 3.55. The van der Waals surface area contributed by atoms with Crippen molar-refractivity contribution in [2.75, 3.05) is 12.3 Å². The van der Waals surface area contributed by atoms with E-state index in [1.54, 1.807) is 10.7 Å². The van der Waals surface area contributed by atoms with Crippen molar-refractivity contribution in [2.45, 2.75) is 31.8 Å². The number of pyridine rings is 1. The number of aliphatic hydroxyl groups is 1. The Morgan fingerprint density at radius 2 is 2.10 bits per heavy atom. The number of fused-ring (bicyclic) bond motifs is 2. The lowest BCUT2D eigenvalue weighted by Gasteiger charge is -2.15. The van der Waals surface area contributed by atoms with Crippen LogP contribution in [0.25, 0.3) is 27.7 Å². The van der Waals surface area contributed by atoms with Gasteiger partial charge in [-0.05, 0) is 53.9 Å². The topological polar surface area (TPSA) is 101 Å². The maximum absolute atomic E-state index is 9.56. The fraction of sp³-hybridized carbons (Fsp3) is 0.286. The molecule has 8 heteroatoms. The van der Waals surface area contributed by atoms with Gasteiger partial charge in [0.05, 0.1) is 28.5 Å². The Hall–Kier alpha value is -2.55. The minimum Gasteiger partial charge on any atom is -0.394 e. The van der Waals surface area contributed by atoms with E-state index in [0.717, 1.165) is 40.6 Å². The zero-order valence-corrected chi connectivity index (χ0v) is 17.6. The third-order valence-corrected chi connectivity index (χ3v) is 6.49. The zero-order chi connectivity index (χ0) is 20.2. The number of aliphatic hydroxyl groups excluding tert-OH is 1. The molecule has 1 aliphatic rings. The van der Waals surface area contributed by atoms with Gasteiger partial charge < -0.3 is 16.2 Å². The standard InChI is InChI=1S/C21H21BrN6O/c1-12-2-3-16-13(6-12)7-14(8-24-16)15-9-26-28-19(23)18(22)17(27-20(15)28)10-25-21(11-29)4-5-21/h2-3,6-9,25,29H,4-5,10-11,23H2,1H3. The minimum atomic E-state index is -0.175. The molecule has 0 bridgehead atoms. The van der Waals surface area contributed by atoms with Gasteiger partial charge in [-0.15, -0.1) is 0 Å². The molecule has 1 saturated carbocycles. The fourth-order valence-electron chi connectivity index (χ4n) is 3.58. The summed E-state index contributed by atoms with van der Waals surface area (Å²) in [7, 11) is 0. The van der Waals surface area contributed by atoms with Gasteiger partial charge in [0.1, 0.15) is 5.82 Å². The van der Waals surface area contributed by atoms with Gasteiger partial charge >= 0.3 is 0 Å². The van der Waals surface area contributed by atoms with E-state index in [4.69, 9.17) is 10.7 Å². The molecule has 5 rings (SSSR count). The second-order valence-corrected chi connectivity index (χ2v) is 8.56. The Morgan fingerprint density at radius 3 is 2.86 bits per heavy atom. The Bertz CT molecular complexity index is 1250. The smallest absolute Gasteiger partial charge is 0.165 e. The molecule has 7 nitrogen and oxygen atoms in total. The molecule has 0 amide bonds. The fourth-order valence-corrected chi connectivity index (χ4v) is 3.97. The molecule has 0 saturated heterocycles. The van der Waals surface area contributed by atoms with E-state index in [1.165, 1.54) is 5.56 Å². The van der Waals surface area contributed by atoms with E-state index in [1.807, 2.05) is 12.3 Å². The SMILES string of the molecule is Cc1ccc2ncc(-c3cnn4c(N)c(Br)c(CNC5(CO)CC5)nc34)cc2c1. The molecule has 1 aliphatic carbocycles. The number of halogens is 1. The van der Waals surface area contributed by atoms with Crippen LogP contribution >= 0.6 is 15.9 Å². The number of nitrogen functional groups attached to an aromatic ring is 1. The van der Waals surface area contributed by atoms with Crippen LogP contribution in [0.3, 0.4) is 0 Å². The number of anilines is 1. The molecule has 4 N–H and O–H groups in total. The molecular formula is C21H21BrN6O. The van der Waals surface area contributed by atoms with Crippen molar-refractivity contribution in [1.82, 2.24) is 24.9 Å². The highest BCUT2D eigenvalue weighted by molar-refractivity contribution is 9.10. The lowest BCUT2D eigenvalue weighted by Crippen LogP contribution is -2.34. The van der Waals surface area contributed by atoms with E-state index in [-0.39, 0.29) is 12.1 Å². The summed E-state index contributed by atoms with van der Waals surface area (Å²) in [6, 6.07) is 8.31. The van der Waals surface area contributed by atoms with E-state index < -0.39 is 0 Å². The van der Waals surface area contributed by atoms with E-state index in [9.17, 15) is 5.11 Å². The van der Waals surface area contributed by atoms with Crippen LogP contribution in [0, 0.1) is 6.92 Å². The van der Waals surface area contributed by atoms with Crippen molar-refractivity contribution in [3.63, 3.8) is 0 Å². The summed E-state index contributed by atoms with van der Waals surface area (Å²) in [6.07, 6.45) is 5.56. The van der Waals surface area contributed by atoms with Crippen LogP contribution in [-0.2, 0) is 6.54 Å². The minimum absolute atomic E-state index is 0.127. The number of rotatable bonds is 5. The lowest BCUT2D eigenvalue weighted by atomic mass is 10.1. The summed E-state index contributed by atoms with van der Waals surface area (Å²) in [4.78, 5) is 9.43. The highest BCUT2D eigenvalue weighted by Crippen LogP contribution is 2.36. The number of hydrogen-bond donors (Lipinski definition) is 3. The maximum Gasteiger partial charge on any atom is 0.165 e. The second-order valence-electron chi connectivity index (χ2n) is 7.76. The number of hydrogen-bond acceptors (Lipinski definition) is 6. The van der Waals surface area contributed by atoms with Gasteiger partial charge in [0.2, 0.25) is 0 Å². The summed E-state index contributed by atoms with van der Waals surface area (Å²) in [6.45, 7) is 2.71. The third-order valence-electron chi connectivity index (χ3n) is 5.63. The predicted octanol–water partition coefficient (Wildman–Crippen LogP) is 3.21. The molecule has 1 fully saturated rings. The normalized spacial score (nSPS) is 15.3. The number of nitrogens with one attached hydrogen (secondary N) is 1. The van der Waals surface area contributed by atoms with Crippen LogP contribution in [0.4, 0.5) is 5.82 Å². The first-order valence-corrected chi connectivity index (χ1v) is 10.3. The monoisotopic (exact) mass is 452 g/mol. The molecule has 4 aromatic rings. The number of benzene rings is 1. The Balaban J connectivity index is 1.59. The quantitative estimate of drug-likeness (QED) is 0.429. The van der Waals surface area contributed by atoms with Gasteiger partial charge in [-0.25, -0.2) is 4.98 Å². The largest absolute Gasteiger partial charge is 0.394 e. The molecule has 0 radical (unpaired) electrons. The highest BCUT2D eigenvalue weighted by Gasteiger charge is 2.41. The van der Waals surface area contributed by atoms with Crippen molar-refractivity contribution in [2.24, 2.45) is 0 Å². The van der Waals surface area contributed by atoms with Crippen LogP contribution in [0.1, 0.15) is 24.1 Å². The molecule has 0 aliphatic heterocycles. The molecule has 0 atom stereocenters. The van der Waals surface area contributed by atoms with Crippen molar-refractivity contribution >= 4 is 38.3 Å². The van der Waals surface area contributed by atoms with E-state index in [0.29, 0.717) is 22.5 Å². The van der Waals surface area contributed by atoms with Crippen LogP contribution < -0.4 is 11.1 Å². The maximum atomic E-state index is 9.56. The number of nitrogens with two attached hydrogens (primary N) is 1. The molecule has 3 heterocycles. The van der Waals surface area contributed by atoms with Crippen LogP contribution in [0.2, 0.25) is 0 Å². The Labute approximate surface area is 176 Å². The summed E-state index contributed by atoms with van der Waals surface area (Å²) in [5, 5.41) is 18.5. The zero-order valence-electron chi connectivity index (χ0n) is 16.0. The Kier molecular flexibility index (Phi) is 4.31. The summed E-state index contributed by atoms with van der Waals surface area (Å²) < 4.78 is 2.36. The van der Waals surface area contributed by atoms with Crippen molar-refractivity contribution in [3.05, 3.63) is 52.4 Å². The highest BCUT2D eigenvalue weighted by atomic mass is 79.9. The molecule has 1 aromatic carbocycles. The predicted molar refractivity (Wildman–Crippen MR) is 116 cm³/mol. The van der Waals surface area contributed by atoms with Crippen molar-refractivity contribution in [3.8, 4) is 11.1 Å². The Morgan fingerprint density at radius 1 is 1.28 bits per heavy atom. The van der Waals surface area contributed by atoms with Gasteiger partial charge in [0.25, 0.3) is 0 Å². The van der Waals surface area contributed by atoms with Crippen LogP contribution in [0.15, 0.2) is 41.1 Å². The average Bonchev–Trinajstić information content (AvgIpc) is 3.39. The first-order valence-electron chi connectivity index (χ1n) is 9.54. The molecular weight excluding hydrogens is 432 g/mol. The van der Waals surface area contributed by atoms with Gasteiger partial charge in [0, 0.05) is 34.8 Å². The lowest BCUT2D eigenvalue weighted by molar-refractivity contribution is 0.229. The molecule has 0 spiro atoms. The number of aryl methyl sites for hydroxylation is 1. The van der Waals surface area contributed by atoms with Gasteiger partial charge in [-0.2, -0.15) is 9.61 Å². The van der Waals surface area contributed by atoms with Crippen LogP contribution in [0.5, 0.6) is 0 Å². The van der Waals surface area contributed by atoms with Gasteiger partial charge in [-0.3, -0.25) is 4.98 Å². The number of aromatic nitrogens is 4. The number of nitrogens with zero attached hydrogens (tertiary/aromatic N) is 4. The van der Waals surface area contributed by atoms with E-state index in [2.05, 4.69) is 56.5 Å². The van der Waals surface area contributed by atoms with Crippen molar-refractivity contribution in [1.29, 1.82) is 0 Å². The molecule has 148 valence electrons. The van der Waals surface area contributed by atoms with Gasteiger partial charge in [-0.1, -0.05) is 11.6 Å².